The molecular weight excluding hydrogens is 616 g/mol. The number of carbonyl (C=O) groups is 3. The Morgan fingerprint density at radius 1 is 0.893 bits per heavy atom. The molecule has 0 unspecified atom stereocenters. The standard InChI is InChI=1S/C5H5BO4S.2C5H3O2S.Hg/c7-3-10-5-2-1-4(11-5)6(8)9;6-4-7-5-2-1-3-8-5;6-5(7)4-2-1-3-8-4;/h1-3,8-9H;1-2,4H;1-2H,(H,6,7);. The van der Waals surface area contributed by atoms with E-state index < -0.39 is 37.7 Å². The molecule has 3 rings (SSSR count). The van der Waals surface area contributed by atoms with Gasteiger partial charge in [0.1, 0.15) is 0 Å². The van der Waals surface area contributed by atoms with Crippen LogP contribution in [0, 0.1) is 0 Å². The number of hydrogen-bond donors (Lipinski definition) is 3. The second kappa shape index (κ2) is 11.4. The van der Waals surface area contributed by atoms with Gasteiger partial charge in [-0.05, 0) is 12.1 Å². The van der Waals surface area contributed by atoms with Gasteiger partial charge in [-0.25, -0.2) is 0 Å². The molecule has 0 amide bonds. The molecule has 0 atom stereocenters. The fourth-order valence-corrected chi connectivity index (χ4v) is 15.9. The Kier molecular flexibility index (Phi) is 9.28. The van der Waals surface area contributed by atoms with Crippen molar-refractivity contribution >= 4 is 69.6 Å². The molecule has 28 heavy (non-hydrogen) atoms. The number of carboxylic acid groups (broad SMARTS) is 1. The van der Waals surface area contributed by atoms with E-state index >= 15 is 0 Å². The summed E-state index contributed by atoms with van der Waals surface area (Å²) in [6, 6.07) is 10.3. The van der Waals surface area contributed by atoms with Crippen LogP contribution in [-0.2, 0) is 34.2 Å². The maximum Gasteiger partial charge on any atom is 0.499 e. The van der Waals surface area contributed by atoms with Crippen LogP contribution in [0.2, 0.25) is 0 Å². The van der Waals surface area contributed by atoms with Gasteiger partial charge in [-0.15, -0.1) is 11.3 Å². The second-order valence-electron chi connectivity index (χ2n) is 4.93. The van der Waals surface area contributed by atoms with Crippen molar-refractivity contribution in [3.8, 4) is 10.1 Å². The van der Waals surface area contributed by atoms with Crippen LogP contribution in [0.15, 0.2) is 36.4 Å². The van der Waals surface area contributed by atoms with Gasteiger partial charge in [0.2, 0.25) is 0 Å². The van der Waals surface area contributed by atoms with Crippen LogP contribution < -0.4 is 19.0 Å². The molecule has 0 spiro atoms. The van der Waals surface area contributed by atoms with E-state index in [-0.39, 0.29) is 0 Å². The summed E-state index contributed by atoms with van der Waals surface area (Å²) < 4.78 is 12.0. The molecule has 0 bridgehead atoms. The Hall–Kier alpha value is -1.57. The van der Waals surface area contributed by atoms with E-state index in [0.717, 1.165) is 11.3 Å². The van der Waals surface area contributed by atoms with Gasteiger partial charge in [0.15, 0.2) is 5.06 Å². The number of thiophene rings is 3. The predicted molar refractivity (Wildman–Crippen MR) is 102 cm³/mol. The van der Waals surface area contributed by atoms with Crippen molar-refractivity contribution in [1.29, 1.82) is 0 Å². The van der Waals surface area contributed by atoms with Gasteiger partial charge in [0.25, 0.3) is 6.47 Å². The first kappa shape index (κ1) is 22.7. The van der Waals surface area contributed by atoms with Gasteiger partial charge in [-0.3, -0.25) is 4.79 Å². The predicted octanol–water partition coefficient (Wildman–Crippen LogP) is 0.0394. The van der Waals surface area contributed by atoms with Crippen LogP contribution in [0.4, 0.5) is 0 Å². The smallest absolute Gasteiger partial charge is 0.423 e. The van der Waals surface area contributed by atoms with Gasteiger partial charge in [0, 0.05) is 4.78 Å². The van der Waals surface area contributed by atoms with Crippen LogP contribution in [0.5, 0.6) is 10.1 Å². The van der Waals surface area contributed by atoms with Crippen molar-refractivity contribution < 1.29 is 63.6 Å². The molecule has 3 N–H and O–H groups in total. The Morgan fingerprint density at radius 3 is 2.00 bits per heavy atom. The maximum absolute atomic E-state index is 10.7. The molecule has 8 nitrogen and oxygen atoms in total. The largest absolute Gasteiger partial charge is 0.499 e. The normalized spacial score (nSPS) is 9.50. The second-order valence-corrected chi connectivity index (χ2v) is 19.6. The van der Waals surface area contributed by atoms with Gasteiger partial charge in [-0.1, -0.05) is 0 Å². The van der Waals surface area contributed by atoms with Crippen LogP contribution in [0.1, 0.15) is 9.67 Å². The number of ether oxygens (including phenoxy) is 2. The third kappa shape index (κ3) is 7.11. The molecular formula is C15H11BHgO8S3. The maximum atomic E-state index is 10.7. The molecule has 0 aromatic carbocycles. The van der Waals surface area contributed by atoms with Crippen molar-refractivity contribution in [3.63, 3.8) is 0 Å². The molecule has 3 heterocycles. The number of carboxylic acids is 1. The van der Waals surface area contributed by atoms with Crippen molar-refractivity contribution in [2.24, 2.45) is 0 Å². The van der Waals surface area contributed by atoms with Crippen molar-refractivity contribution in [2.75, 3.05) is 0 Å². The van der Waals surface area contributed by atoms with E-state index in [9.17, 15) is 14.4 Å². The molecule has 0 fully saturated rings. The number of rotatable bonds is 8. The van der Waals surface area contributed by atoms with E-state index in [1.54, 1.807) is 12.1 Å². The molecule has 0 saturated carbocycles. The summed E-state index contributed by atoms with van der Waals surface area (Å²) in [7, 11) is -1.50. The van der Waals surface area contributed by atoms with E-state index in [4.69, 9.17) is 19.9 Å². The minimum Gasteiger partial charge on any atom is -0.423 e. The minimum absolute atomic E-state index is 0.291. The average Bonchev–Trinajstić information content (AvgIpc) is 3.38. The summed E-state index contributed by atoms with van der Waals surface area (Å²) in [5.41, 5.74) is 0. The zero-order valence-electron chi connectivity index (χ0n) is 14.0. The Morgan fingerprint density at radius 2 is 1.46 bits per heavy atom. The Bertz CT molecular complexity index is 935. The van der Waals surface area contributed by atoms with Crippen molar-refractivity contribution in [3.05, 3.63) is 41.3 Å². The van der Waals surface area contributed by atoms with Crippen molar-refractivity contribution in [1.82, 2.24) is 0 Å². The molecule has 142 valence electrons. The van der Waals surface area contributed by atoms with Crippen LogP contribution >= 0.6 is 34.0 Å². The summed E-state index contributed by atoms with van der Waals surface area (Å²) in [5.74, 6) is -0.870. The third-order valence-electron chi connectivity index (χ3n) is 3.04. The van der Waals surface area contributed by atoms with Gasteiger partial charge in [-0.2, -0.15) is 0 Å². The van der Waals surface area contributed by atoms with Crippen LogP contribution in [-0.4, -0.2) is 41.2 Å². The number of hydrogen-bond acceptors (Lipinski definition) is 10. The van der Waals surface area contributed by atoms with E-state index in [1.807, 2.05) is 12.1 Å². The zero-order chi connectivity index (χ0) is 20.5. The number of carbonyl (C=O) groups excluding carboxylic acids is 2. The summed E-state index contributed by atoms with van der Waals surface area (Å²) in [6.07, 6.45) is 0. The third-order valence-corrected chi connectivity index (χ3v) is 16.3. The first-order chi connectivity index (χ1) is 13.4. The summed E-state index contributed by atoms with van der Waals surface area (Å²) >= 11 is 2.38. The quantitative estimate of drug-likeness (QED) is 0.236. The Balaban J connectivity index is 0.000000221. The molecule has 0 aliphatic heterocycles. The van der Waals surface area contributed by atoms with Crippen molar-refractivity contribution in [2.45, 2.75) is 0 Å². The SMILES string of the molecule is O=COc1cc[c]([Hg][c]2ccc(C(=O)O)s2)s1.O=COc1ccc(B(O)O)s1. The van der Waals surface area contributed by atoms with Crippen LogP contribution in [0.3, 0.4) is 0 Å². The molecule has 0 aliphatic carbocycles. The fourth-order valence-electron chi connectivity index (χ4n) is 1.91. The molecule has 13 heteroatoms. The summed E-state index contributed by atoms with van der Waals surface area (Å²) in [5, 5.41) is 27.0. The van der Waals surface area contributed by atoms with Gasteiger partial charge >= 0.3 is 125 Å². The molecule has 3 aromatic heterocycles. The van der Waals surface area contributed by atoms with E-state index in [1.165, 1.54) is 39.6 Å². The first-order valence-corrected chi connectivity index (χ1v) is 15.4. The number of aromatic carboxylic acids is 1. The van der Waals surface area contributed by atoms with E-state index in [0.29, 0.717) is 32.7 Å². The molecule has 0 saturated heterocycles. The van der Waals surface area contributed by atoms with Gasteiger partial charge in [0.05, 0.1) is 0 Å². The topological polar surface area (TPSA) is 130 Å². The average molecular weight is 627 g/mol. The zero-order valence-corrected chi connectivity index (χ0v) is 22.0. The Labute approximate surface area is 183 Å². The molecule has 0 radical (unpaired) electrons. The summed E-state index contributed by atoms with van der Waals surface area (Å²) in [4.78, 5) is 31.1. The summed E-state index contributed by atoms with van der Waals surface area (Å²) in [6.45, 7) is 0.708. The van der Waals surface area contributed by atoms with Crippen LogP contribution in [0.25, 0.3) is 0 Å². The first-order valence-electron chi connectivity index (χ1n) is 7.50. The minimum atomic E-state index is -1.50. The fraction of sp³-hybridized carbons (Fsp3) is 0. The monoisotopic (exact) mass is 628 g/mol. The van der Waals surface area contributed by atoms with E-state index in [2.05, 4.69) is 4.74 Å². The molecule has 3 aromatic rings. The van der Waals surface area contributed by atoms with Gasteiger partial charge < -0.3 is 14.8 Å². The molecule has 0 aliphatic rings.